The van der Waals surface area contributed by atoms with Crippen molar-refractivity contribution in [1.82, 2.24) is 0 Å². The maximum absolute atomic E-state index is 11.8. The largest absolute Gasteiger partial charge is 0.478 e. The van der Waals surface area contributed by atoms with E-state index in [0.29, 0.717) is 0 Å². The molecule has 0 radical (unpaired) electrons. The molecular formula is C10H10ClNO4S. The van der Waals surface area contributed by atoms with E-state index in [1.54, 1.807) is 0 Å². The molecule has 0 heterocycles. The molecule has 92 valence electrons. The number of nitrogens with two attached hydrogens (primary N) is 1. The molecule has 2 atom stereocenters. The number of rotatable bonds is 4. The highest BCUT2D eigenvalue weighted by Gasteiger charge is 2.20. The van der Waals surface area contributed by atoms with Gasteiger partial charge in [0.05, 0.1) is 21.4 Å². The average molecular weight is 276 g/mol. The zero-order chi connectivity index (χ0) is 13.2. The second-order valence-electron chi connectivity index (χ2n) is 3.29. The van der Waals surface area contributed by atoms with E-state index < -0.39 is 27.9 Å². The van der Waals surface area contributed by atoms with Crippen LogP contribution in [-0.4, -0.2) is 26.4 Å². The predicted molar refractivity (Wildman–Crippen MR) is 63.5 cm³/mol. The third-order valence-electron chi connectivity index (χ3n) is 2.12. The molecule has 17 heavy (non-hydrogen) atoms. The molecule has 0 bridgehead atoms. The molecule has 0 aliphatic carbocycles. The average Bonchev–Trinajstić information content (AvgIpc) is 2.27. The second kappa shape index (κ2) is 5.29. The number of carboxylic acids is 1. The number of hydrogen-bond acceptors (Lipinski definition) is 3. The van der Waals surface area contributed by atoms with Gasteiger partial charge in [-0.2, -0.15) is 0 Å². The fourth-order valence-electron chi connectivity index (χ4n) is 1.10. The van der Waals surface area contributed by atoms with Gasteiger partial charge in [-0.05, 0) is 25.1 Å². The fraction of sp³-hybridized carbons (Fsp3) is 0.200. The molecule has 0 aliphatic heterocycles. The molecule has 1 aromatic carbocycles. The van der Waals surface area contributed by atoms with Gasteiger partial charge in [0.1, 0.15) is 5.25 Å². The number of hydrogen-bond donors (Lipinski definition) is 2. The van der Waals surface area contributed by atoms with E-state index in [1.807, 2.05) is 0 Å². The lowest BCUT2D eigenvalue weighted by molar-refractivity contribution is -0.117. The van der Waals surface area contributed by atoms with Crippen LogP contribution in [0.15, 0.2) is 23.1 Å². The zero-order valence-corrected chi connectivity index (χ0v) is 10.4. The highest BCUT2D eigenvalue weighted by molar-refractivity contribution is 7.86. The van der Waals surface area contributed by atoms with Gasteiger partial charge in [0.15, 0.2) is 0 Å². The van der Waals surface area contributed by atoms with Crippen molar-refractivity contribution in [2.75, 3.05) is 0 Å². The Morgan fingerprint density at radius 2 is 2.06 bits per heavy atom. The van der Waals surface area contributed by atoms with Gasteiger partial charge in [-0.25, -0.2) is 4.79 Å². The summed E-state index contributed by atoms with van der Waals surface area (Å²) >= 11 is 5.67. The number of carboxylic acid groups (broad SMARTS) is 1. The molecule has 7 heteroatoms. The van der Waals surface area contributed by atoms with E-state index in [0.717, 1.165) is 0 Å². The minimum atomic E-state index is -1.69. The van der Waals surface area contributed by atoms with Gasteiger partial charge < -0.3 is 10.8 Å². The van der Waals surface area contributed by atoms with Crippen LogP contribution < -0.4 is 5.73 Å². The summed E-state index contributed by atoms with van der Waals surface area (Å²) in [5.41, 5.74) is 4.87. The number of halogens is 1. The van der Waals surface area contributed by atoms with E-state index in [9.17, 15) is 13.8 Å². The van der Waals surface area contributed by atoms with Gasteiger partial charge in [0.2, 0.25) is 5.91 Å². The van der Waals surface area contributed by atoms with Crippen molar-refractivity contribution in [3.8, 4) is 0 Å². The molecule has 2 unspecified atom stereocenters. The smallest absolute Gasteiger partial charge is 0.337 e. The maximum Gasteiger partial charge on any atom is 0.337 e. The third kappa shape index (κ3) is 3.04. The summed E-state index contributed by atoms with van der Waals surface area (Å²) in [6.07, 6.45) is 0. The van der Waals surface area contributed by atoms with Crippen LogP contribution in [0.2, 0.25) is 5.02 Å². The van der Waals surface area contributed by atoms with E-state index >= 15 is 0 Å². The summed E-state index contributed by atoms with van der Waals surface area (Å²) in [6.45, 7) is 1.41. The standard InChI is InChI=1S/C10H10ClNO4S/c1-5(9(12)13)17(16)6-2-3-8(11)7(4-6)10(14)15/h2-5H,1H3,(H2,12,13)(H,14,15). The molecule has 5 nitrogen and oxygen atoms in total. The normalized spacial score (nSPS) is 14.0. The number of carbonyl (C=O) groups is 2. The van der Waals surface area contributed by atoms with Crippen molar-refractivity contribution < 1.29 is 18.9 Å². The predicted octanol–water partition coefficient (Wildman–Crippen LogP) is 1.02. The van der Waals surface area contributed by atoms with E-state index in [4.69, 9.17) is 22.4 Å². The first-order chi connectivity index (χ1) is 7.84. The lowest BCUT2D eigenvalue weighted by atomic mass is 10.2. The van der Waals surface area contributed by atoms with Gasteiger partial charge in [0, 0.05) is 4.90 Å². The highest BCUT2D eigenvalue weighted by Crippen LogP contribution is 2.21. The Labute approximate surface area is 105 Å². The van der Waals surface area contributed by atoms with Crippen LogP contribution in [0, 0.1) is 0 Å². The van der Waals surface area contributed by atoms with Crippen LogP contribution in [0.4, 0.5) is 0 Å². The first kappa shape index (κ1) is 13.7. The van der Waals surface area contributed by atoms with Gasteiger partial charge in [-0.15, -0.1) is 0 Å². The Hall–Kier alpha value is -1.40. The maximum atomic E-state index is 11.8. The zero-order valence-electron chi connectivity index (χ0n) is 8.84. The lowest BCUT2D eigenvalue weighted by Crippen LogP contribution is -2.29. The summed E-state index contributed by atoms with van der Waals surface area (Å²) < 4.78 is 11.8. The van der Waals surface area contributed by atoms with Gasteiger partial charge in [-0.1, -0.05) is 11.6 Å². The topological polar surface area (TPSA) is 97.5 Å². The van der Waals surface area contributed by atoms with Crippen molar-refractivity contribution in [2.24, 2.45) is 5.73 Å². The van der Waals surface area contributed by atoms with Crippen molar-refractivity contribution in [2.45, 2.75) is 17.1 Å². The van der Waals surface area contributed by atoms with Crippen LogP contribution in [0.5, 0.6) is 0 Å². The van der Waals surface area contributed by atoms with Crippen LogP contribution >= 0.6 is 11.6 Å². The Morgan fingerprint density at radius 3 is 2.53 bits per heavy atom. The molecule has 1 amide bonds. The minimum Gasteiger partial charge on any atom is -0.478 e. The third-order valence-corrected chi connectivity index (χ3v) is 4.05. The van der Waals surface area contributed by atoms with Crippen LogP contribution in [-0.2, 0) is 15.6 Å². The number of benzene rings is 1. The van der Waals surface area contributed by atoms with Gasteiger partial charge >= 0.3 is 5.97 Å². The SMILES string of the molecule is CC(C(N)=O)S(=O)c1ccc(Cl)c(C(=O)O)c1. The molecule has 0 spiro atoms. The summed E-state index contributed by atoms with van der Waals surface area (Å²) in [5, 5.41) is 8.00. The number of amides is 1. The number of primary amides is 1. The summed E-state index contributed by atoms with van der Waals surface area (Å²) in [5.74, 6) is -1.93. The molecule has 0 saturated carbocycles. The Morgan fingerprint density at radius 1 is 1.47 bits per heavy atom. The van der Waals surface area contributed by atoms with Crippen LogP contribution in [0.3, 0.4) is 0 Å². The Bertz CT molecular complexity index is 503. The molecule has 0 aliphatic rings. The highest BCUT2D eigenvalue weighted by atomic mass is 35.5. The Kier molecular flexibility index (Phi) is 4.25. The second-order valence-corrected chi connectivity index (χ2v) is 5.47. The Balaban J connectivity index is 3.16. The van der Waals surface area contributed by atoms with Crippen molar-refractivity contribution in [3.63, 3.8) is 0 Å². The first-order valence-corrected chi connectivity index (χ1v) is 6.16. The molecule has 0 saturated heterocycles. The van der Waals surface area contributed by atoms with Gasteiger partial charge in [0.25, 0.3) is 0 Å². The molecule has 1 aromatic rings. The molecule has 0 fully saturated rings. The van der Waals surface area contributed by atoms with E-state index in [1.165, 1.54) is 25.1 Å². The minimum absolute atomic E-state index is 0.0463. The lowest BCUT2D eigenvalue weighted by Gasteiger charge is -2.08. The van der Waals surface area contributed by atoms with Crippen LogP contribution in [0.1, 0.15) is 17.3 Å². The number of carbonyl (C=O) groups excluding carboxylic acids is 1. The van der Waals surface area contributed by atoms with Crippen molar-refractivity contribution in [1.29, 1.82) is 0 Å². The fourth-order valence-corrected chi connectivity index (χ4v) is 2.36. The number of aromatic carboxylic acids is 1. The molecular weight excluding hydrogens is 266 g/mol. The van der Waals surface area contributed by atoms with Crippen molar-refractivity contribution >= 4 is 34.3 Å². The first-order valence-electron chi connectivity index (χ1n) is 4.57. The summed E-state index contributed by atoms with van der Waals surface area (Å²) in [4.78, 5) is 21.9. The van der Waals surface area contributed by atoms with E-state index in [2.05, 4.69) is 0 Å². The monoisotopic (exact) mass is 275 g/mol. The summed E-state index contributed by atoms with van der Waals surface area (Å²) in [7, 11) is -1.69. The van der Waals surface area contributed by atoms with E-state index in [-0.39, 0.29) is 15.5 Å². The molecule has 3 N–H and O–H groups in total. The summed E-state index contributed by atoms with van der Waals surface area (Å²) in [6, 6.07) is 3.91. The van der Waals surface area contributed by atoms with Gasteiger partial charge in [-0.3, -0.25) is 9.00 Å². The van der Waals surface area contributed by atoms with Crippen molar-refractivity contribution in [3.05, 3.63) is 28.8 Å². The molecule has 0 aromatic heterocycles. The quantitative estimate of drug-likeness (QED) is 0.857. The molecule has 1 rings (SSSR count). The van der Waals surface area contributed by atoms with Crippen LogP contribution in [0.25, 0.3) is 0 Å².